The van der Waals surface area contributed by atoms with Crippen LogP contribution < -0.4 is 10.6 Å². The quantitative estimate of drug-likeness (QED) is 0.572. The Bertz CT molecular complexity index is 963. The monoisotopic (exact) mass is 429 g/mol. The van der Waals surface area contributed by atoms with Gasteiger partial charge in [-0.2, -0.15) is 11.8 Å². The summed E-state index contributed by atoms with van der Waals surface area (Å²) in [4.78, 5) is 33.6. The smallest absolute Gasteiger partial charge is 0.253 e. The van der Waals surface area contributed by atoms with E-state index in [4.69, 9.17) is 11.6 Å². The molecule has 1 unspecified atom stereocenters. The lowest BCUT2D eigenvalue weighted by atomic mass is 10.1. The van der Waals surface area contributed by atoms with Crippen LogP contribution in [-0.4, -0.2) is 44.4 Å². The molecule has 29 heavy (non-hydrogen) atoms. The van der Waals surface area contributed by atoms with E-state index in [0.29, 0.717) is 28.5 Å². The van der Waals surface area contributed by atoms with E-state index >= 15 is 0 Å². The van der Waals surface area contributed by atoms with Crippen molar-refractivity contribution in [3.63, 3.8) is 0 Å². The third-order valence-corrected chi connectivity index (χ3v) is 5.11. The molecule has 1 aromatic carbocycles. The van der Waals surface area contributed by atoms with Crippen molar-refractivity contribution in [2.45, 2.75) is 12.5 Å². The lowest BCUT2D eigenvalue weighted by Crippen LogP contribution is -2.44. The van der Waals surface area contributed by atoms with E-state index < -0.39 is 6.04 Å². The molecule has 0 radical (unpaired) electrons. The fourth-order valence-electron chi connectivity index (χ4n) is 2.62. The Labute approximate surface area is 177 Å². The Morgan fingerprint density at radius 1 is 1.24 bits per heavy atom. The fraction of sp³-hybridized carbons (Fsp3) is 0.200. The van der Waals surface area contributed by atoms with Crippen molar-refractivity contribution in [2.24, 2.45) is 0 Å². The van der Waals surface area contributed by atoms with Crippen LogP contribution in [-0.2, 0) is 4.79 Å². The van der Waals surface area contributed by atoms with Crippen LogP contribution in [0.4, 0.5) is 5.69 Å². The first-order chi connectivity index (χ1) is 14.1. The number of thioether (sulfide) groups is 1. The Hall–Kier alpha value is -2.84. The molecule has 3 aromatic rings. The summed E-state index contributed by atoms with van der Waals surface area (Å²) in [7, 11) is 0. The van der Waals surface area contributed by atoms with Crippen LogP contribution in [0.1, 0.15) is 16.8 Å². The number of nitrogens with one attached hydrogen (secondary N) is 2. The molecular formula is C20H20ClN5O2S. The minimum Gasteiger partial charge on any atom is -0.340 e. The number of halogens is 1. The molecule has 7 nitrogen and oxygen atoms in total. The van der Waals surface area contributed by atoms with Crippen molar-refractivity contribution in [3.05, 3.63) is 71.9 Å². The molecule has 150 valence electrons. The summed E-state index contributed by atoms with van der Waals surface area (Å²) in [6, 6.07) is 9.57. The number of hydrogen-bond acceptors (Lipinski definition) is 5. The molecule has 9 heteroatoms. The molecule has 2 aromatic heterocycles. The second kappa shape index (κ2) is 10.1. The molecule has 3 rings (SSSR count). The van der Waals surface area contributed by atoms with E-state index in [-0.39, 0.29) is 11.8 Å². The number of carbonyl (C=O) groups excluding carboxylic acids is 2. The highest BCUT2D eigenvalue weighted by molar-refractivity contribution is 7.98. The van der Waals surface area contributed by atoms with Gasteiger partial charge in [0.2, 0.25) is 5.91 Å². The van der Waals surface area contributed by atoms with Crippen molar-refractivity contribution in [3.8, 4) is 5.82 Å². The van der Waals surface area contributed by atoms with Crippen LogP contribution >= 0.6 is 23.4 Å². The van der Waals surface area contributed by atoms with Gasteiger partial charge in [-0.15, -0.1) is 0 Å². The zero-order valence-corrected chi connectivity index (χ0v) is 17.3. The van der Waals surface area contributed by atoms with Crippen LogP contribution in [0, 0.1) is 0 Å². The Kier molecular flexibility index (Phi) is 7.26. The highest BCUT2D eigenvalue weighted by Gasteiger charge is 2.22. The normalized spacial score (nSPS) is 11.7. The summed E-state index contributed by atoms with van der Waals surface area (Å²) in [5, 5.41) is 5.93. The van der Waals surface area contributed by atoms with Crippen molar-refractivity contribution >= 4 is 40.9 Å². The Balaban J connectivity index is 1.68. The van der Waals surface area contributed by atoms with Crippen molar-refractivity contribution < 1.29 is 9.59 Å². The molecule has 0 fully saturated rings. The first-order valence-corrected chi connectivity index (χ1v) is 10.6. The second-order valence-corrected chi connectivity index (χ2v) is 7.54. The number of imidazole rings is 1. The van der Waals surface area contributed by atoms with E-state index in [1.54, 1.807) is 77.6 Å². The molecule has 0 aliphatic heterocycles. The van der Waals surface area contributed by atoms with Gasteiger partial charge in [-0.3, -0.25) is 14.2 Å². The number of aromatic nitrogens is 3. The highest BCUT2D eigenvalue weighted by atomic mass is 35.5. The first kappa shape index (κ1) is 20.9. The van der Waals surface area contributed by atoms with Crippen molar-refractivity contribution in [2.75, 3.05) is 17.3 Å². The predicted octanol–water partition coefficient (Wildman–Crippen LogP) is 3.41. The Morgan fingerprint density at radius 3 is 2.72 bits per heavy atom. The first-order valence-electron chi connectivity index (χ1n) is 8.88. The fourth-order valence-corrected chi connectivity index (χ4v) is 3.32. The van der Waals surface area contributed by atoms with Gasteiger partial charge in [0, 0.05) is 12.4 Å². The SMILES string of the molecule is CSCCC(NC(=O)c1ccccc1Cl)C(=O)Nc1ccc(-n2ccnc2)nc1. The lowest BCUT2D eigenvalue weighted by Gasteiger charge is -2.18. The molecule has 0 saturated heterocycles. The minimum absolute atomic E-state index is 0.309. The van der Waals surface area contributed by atoms with Gasteiger partial charge in [0.15, 0.2) is 0 Å². The third-order valence-electron chi connectivity index (χ3n) is 4.14. The molecule has 0 spiro atoms. The van der Waals surface area contributed by atoms with Gasteiger partial charge >= 0.3 is 0 Å². The molecular weight excluding hydrogens is 410 g/mol. The van der Waals surface area contributed by atoms with Crippen LogP contribution in [0.15, 0.2) is 61.3 Å². The molecule has 2 amide bonds. The lowest BCUT2D eigenvalue weighted by molar-refractivity contribution is -0.118. The third kappa shape index (κ3) is 5.58. The zero-order valence-electron chi connectivity index (χ0n) is 15.7. The molecule has 2 heterocycles. The largest absolute Gasteiger partial charge is 0.340 e. The van der Waals surface area contributed by atoms with E-state index in [2.05, 4.69) is 20.6 Å². The topological polar surface area (TPSA) is 88.9 Å². The van der Waals surface area contributed by atoms with E-state index in [1.165, 1.54) is 0 Å². The van der Waals surface area contributed by atoms with Gasteiger partial charge in [0.25, 0.3) is 5.91 Å². The number of nitrogens with zero attached hydrogens (tertiary/aromatic N) is 3. The van der Waals surface area contributed by atoms with Gasteiger partial charge in [-0.25, -0.2) is 9.97 Å². The van der Waals surface area contributed by atoms with Gasteiger partial charge in [-0.05, 0) is 42.7 Å². The van der Waals surface area contributed by atoms with Crippen LogP contribution in [0.5, 0.6) is 0 Å². The maximum absolute atomic E-state index is 12.8. The van der Waals surface area contributed by atoms with Gasteiger partial charge in [-0.1, -0.05) is 23.7 Å². The van der Waals surface area contributed by atoms with Crippen LogP contribution in [0.25, 0.3) is 5.82 Å². The standard InChI is InChI=1S/C20H20ClN5O2S/c1-29-11-8-17(25-19(27)15-4-2-3-5-16(15)21)20(28)24-14-6-7-18(23-12-14)26-10-9-22-13-26/h2-7,9-10,12-13,17H,8,11H2,1H3,(H,24,28)(H,25,27). The van der Waals surface area contributed by atoms with Gasteiger partial charge < -0.3 is 10.6 Å². The second-order valence-electron chi connectivity index (χ2n) is 6.15. The summed E-state index contributed by atoms with van der Waals surface area (Å²) < 4.78 is 1.76. The van der Waals surface area contributed by atoms with Gasteiger partial charge in [0.05, 0.1) is 22.5 Å². The van der Waals surface area contributed by atoms with E-state index in [9.17, 15) is 9.59 Å². The molecule has 0 aliphatic carbocycles. The molecule has 0 saturated carbocycles. The van der Waals surface area contributed by atoms with Gasteiger partial charge in [0.1, 0.15) is 18.2 Å². The average Bonchev–Trinajstić information content (AvgIpc) is 3.26. The number of benzene rings is 1. The maximum atomic E-state index is 12.8. The van der Waals surface area contributed by atoms with Crippen LogP contribution in [0.2, 0.25) is 5.02 Å². The number of amides is 2. The van der Waals surface area contributed by atoms with E-state index in [1.807, 2.05) is 6.26 Å². The highest BCUT2D eigenvalue weighted by Crippen LogP contribution is 2.16. The Morgan fingerprint density at radius 2 is 2.07 bits per heavy atom. The number of anilines is 1. The summed E-state index contributed by atoms with van der Waals surface area (Å²) in [5.41, 5.74) is 0.877. The number of carbonyl (C=O) groups is 2. The van der Waals surface area contributed by atoms with E-state index in [0.717, 1.165) is 5.75 Å². The summed E-state index contributed by atoms with van der Waals surface area (Å²) in [6.45, 7) is 0. The number of rotatable bonds is 8. The van der Waals surface area contributed by atoms with Crippen molar-refractivity contribution in [1.82, 2.24) is 19.9 Å². The predicted molar refractivity (Wildman–Crippen MR) is 116 cm³/mol. The number of hydrogen-bond donors (Lipinski definition) is 2. The summed E-state index contributed by atoms with van der Waals surface area (Å²) >= 11 is 7.69. The summed E-state index contributed by atoms with van der Waals surface area (Å²) in [5.74, 6) is 0.715. The van der Waals surface area contributed by atoms with Crippen LogP contribution in [0.3, 0.4) is 0 Å². The summed E-state index contributed by atoms with van der Waals surface area (Å²) in [6.07, 6.45) is 9.09. The maximum Gasteiger partial charge on any atom is 0.253 e. The van der Waals surface area contributed by atoms with Crippen molar-refractivity contribution in [1.29, 1.82) is 0 Å². The minimum atomic E-state index is -0.695. The number of pyridine rings is 1. The molecule has 1 atom stereocenters. The molecule has 0 aliphatic rings. The zero-order chi connectivity index (χ0) is 20.6. The average molecular weight is 430 g/mol. The molecule has 2 N–H and O–H groups in total. The molecule has 0 bridgehead atoms.